The summed E-state index contributed by atoms with van der Waals surface area (Å²) in [5.74, 6) is 1.25. The van der Waals surface area contributed by atoms with Gasteiger partial charge >= 0.3 is 5.97 Å². The van der Waals surface area contributed by atoms with Crippen LogP contribution in [0.1, 0.15) is 26.5 Å². The van der Waals surface area contributed by atoms with Gasteiger partial charge in [0.15, 0.2) is 11.5 Å². The number of ether oxygens (including phenoxy) is 5. The predicted molar refractivity (Wildman–Crippen MR) is 130 cm³/mol. The zero-order chi connectivity index (χ0) is 24.9. The Bertz CT molecular complexity index is 1480. The summed E-state index contributed by atoms with van der Waals surface area (Å²) in [6.45, 7) is 0.480. The summed E-state index contributed by atoms with van der Waals surface area (Å²) < 4.78 is 26.9. The second kappa shape index (κ2) is 8.46. The first kappa shape index (κ1) is 22.5. The van der Waals surface area contributed by atoms with Gasteiger partial charge in [-0.25, -0.2) is 4.79 Å². The van der Waals surface area contributed by atoms with Gasteiger partial charge < -0.3 is 38.6 Å². The SMILES string of the molecule is COC(=O)c1cc2c3c(cc(OC)c2[nH]1)N(C(=O)c1cc2cc(OC)c(OC)c(OC)c2[nH]1)CC3. The Morgan fingerprint density at radius 3 is 2.17 bits per heavy atom. The molecule has 0 fully saturated rings. The highest BCUT2D eigenvalue weighted by Gasteiger charge is 2.31. The molecule has 0 radical (unpaired) electrons. The van der Waals surface area contributed by atoms with E-state index in [0.717, 1.165) is 22.0 Å². The van der Waals surface area contributed by atoms with E-state index in [1.807, 2.05) is 6.07 Å². The number of carbonyl (C=O) groups is 2. The van der Waals surface area contributed by atoms with Crippen LogP contribution in [0.2, 0.25) is 0 Å². The number of aromatic amines is 2. The van der Waals surface area contributed by atoms with E-state index in [1.54, 1.807) is 37.3 Å². The van der Waals surface area contributed by atoms with Crippen LogP contribution in [0.3, 0.4) is 0 Å². The van der Waals surface area contributed by atoms with E-state index in [4.69, 9.17) is 23.7 Å². The maximum absolute atomic E-state index is 13.7. The van der Waals surface area contributed by atoms with Crippen LogP contribution in [-0.4, -0.2) is 63.9 Å². The average Bonchev–Trinajstić information content (AvgIpc) is 3.61. The molecule has 0 aliphatic carbocycles. The molecule has 10 nitrogen and oxygen atoms in total. The Balaban J connectivity index is 1.60. The van der Waals surface area contributed by atoms with E-state index < -0.39 is 5.97 Å². The van der Waals surface area contributed by atoms with Crippen LogP contribution >= 0.6 is 0 Å². The van der Waals surface area contributed by atoms with Crippen molar-refractivity contribution in [3.8, 4) is 23.0 Å². The van der Waals surface area contributed by atoms with Gasteiger partial charge in [-0.3, -0.25) is 4.79 Å². The van der Waals surface area contributed by atoms with E-state index in [1.165, 1.54) is 21.3 Å². The van der Waals surface area contributed by atoms with E-state index in [9.17, 15) is 9.59 Å². The zero-order valence-corrected chi connectivity index (χ0v) is 20.0. The van der Waals surface area contributed by atoms with Crippen molar-refractivity contribution < 1.29 is 33.3 Å². The van der Waals surface area contributed by atoms with Crippen molar-refractivity contribution in [3.05, 3.63) is 41.2 Å². The number of anilines is 1. The van der Waals surface area contributed by atoms with Gasteiger partial charge in [0.2, 0.25) is 5.75 Å². The largest absolute Gasteiger partial charge is 0.494 e. The van der Waals surface area contributed by atoms with Crippen LogP contribution in [0.4, 0.5) is 5.69 Å². The number of aromatic nitrogens is 2. The molecule has 0 atom stereocenters. The second-order valence-corrected chi connectivity index (χ2v) is 8.04. The molecule has 1 amide bonds. The van der Waals surface area contributed by atoms with Crippen molar-refractivity contribution in [1.82, 2.24) is 9.97 Å². The van der Waals surface area contributed by atoms with Gasteiger partial charge in [0.25, 0.3) is 5.91 Å². The number of nitrogens with zero attached hydrogens (tertiary/aromatic N) is 1. The summed E-state index contributed by atoms with van der Waals surface area (Å²) in [7, 11) is 7.49. The number of methoxy groups -OCH3 is 5. The molecule has 3 heterocycles. The molecule has 35 heavy (non-hydrogen) atoms. The highest BCUT2D eigenvalue weighted by molar-refractivity contribution is 6.12. The number of hydrogen-bond donors (Lipinski definition) is 2. The molecule has 1 aliphatic heterocycles. The normalized spacial score (nSPS) is 12.7. The molecule has 0 saturated carbocycles. The molecule has 2 aromatic carbocycles. The van der Waals surface area contributed by atoms with Crippen molar-refractivity contribution >= 4 is 39.4 Å². The lowest BCUT2D eigenvalue weighted by Gasteiger charge is -2.17. The highest BCUT2D eigenvalue weighted by Crippen LogP contribution is 2.44. The van der Waals surface area contributed by atoms with E-state index >= 15 is 0 Å². The summed E-state index contributed by atoms with van der Waals surface area (Å²) in [6.07, 6.45) is 0.630. The number of carbonyl (C=O) groups excluding carboxylic acids is 2. The molecule has 5 rings (SSSR count). The zero-order valence-electron chi connectivity index (χ0n) is 20.0. The first-order valence-corrected chi connectivity index (χ1v) is 10.9. The third-order valence-electron chi connectivity index (χ3n) is 6.36. The van der Waals surface area contributed by atoms with Gasteiger partial charge in [-0.15, -0.1) is 0 Å². The molecule has 182 valence electrons. The molecular formula is C25H25N3O7. The van der Waals surface area contributed by atoms with Gasteiger partial charge in [-0.2, -0.15) is 0 Å². The quantitative estimate of drug-likeness (QED) is 0.406. The molecular weight excluding hydrogens is 454 g/mol. The lowest BCUT2D eigenvalue weighted by atomic mass is 10.1. The molecule has 2 aromatic heterocycles. The summed E-state index contributed by atoms with van der Waals surface area (Å²) in [5.41, 5.74) is 3.73. The second-order valence-electron chi connectivity index (χ2n) is 8.04. The number of benzene rings is 2. The Labute approximate surface area is 200 Å². The summed E-state index contributed by atoms with van der Waals surface area (Å²) >= 11 is 0. The van der Waals surface area contributed by atoms with E-state index in [-0.39, 0.29) is 5.91 Å². The van der Waals surface area contributed by atoms with Gasteiger partial charge in [0.1, 0.15) is 17.1 Å². The molecule has 0 spiro atoms. The van der Waals surface area contributed by atoms with Gasteiger partial charge in [-0.1, -0.05) is 0 Å². The lowest BCUT2D eigenvalue weighted by molar-refractivity contribution is 0.0595. The van der Waals surface area contributed by atoms with Gasteiger partial charge in [0.05, 0.1) is 52.3 Å². The minimum atomic E-state index is -0.471. The topological polar surface area (TPSA) is 115 Å². The standard InChI is InChI=1S/C25H25N3O7/c1-31-18-11-17-13(14-10-16(25(30)35-5)27-21(14)18)6-7-28(17)24(29)15-8-12-9-19(32-2)22(33-3)23(34-4)20(12)26-15/h8-11,26-27H,6-7H2,1-5H3. The van der Waals surface area contributed by atoms with Crippen LogP contribution in [0.15, 0.2) is 24.3 Å². The van der Waals surface area contributed by atoms with Crippen molar-refractivity contribution in [1.29, 1.82) is 0 Å². The summed E-state index contributed by atoms with van der Waals surface area (Å²) in [4.78, 5) is 33.7. The van der Waals surface area contributed by atoms with E-state index in [2.05, 4.69) is 9.97 Å². The number of amides is 1. The van der Waals surface area contributed by atoms with Gasteiger partial charge in [0, 0.05) is 23.4 Å². The smallest absolute Gasteiger partial charge is 0.354 e. The Kier molecular flexibility index (Phi) is 5.43. The van der Waals surface area contributed by atoms with Crippen LogP contribution in [0.5, 0.6) is 23.0 Å². The van der Waals surface area contributed by atoms with Crippen LogP contribution in [0, 0.1) is 0 Å². The van der Waals surface area contributed by atoms with Gasteiger partial charge in [-0.05, 0) is 30.2 Å². The number of H-pyrrole nitrogens is 2. The van der Waals surface area contributed by atoms with Crippen LogP contribution in [0.25, 0.3) is 21.8 Å². The fourth-order valence-electron chi connectivity index (χ4n) is 4.75. The molecule has 1 aliphatic rings. The molecule has 4 aromatic rings. The predicted octanol–water partition coefficient (Wildman–Crippen LogP) is 3.67. The van der Waals surface area contributed by atoms with E-state index in [0.29, 0.717) is 58.4 Å². The average molecular weight is 479 g/mol. The third kappa shape index (κ3) is 3.32. The summed E-state index contributed by atoms with van der Waals surface area (Å²) in [5, 5.41) is 1.58. The number of esters is 1. The fraction of sp³-hybridized carbons (Fsp3) is 0.280. The number of nitrogens with one attached hydrogen (secondary N) is 2. The maximum atomic E-state index is 13.7. The minimum Gasteiger partial charge on any atom is -0.494 e. The highest BCUT2D eigenvalue weighted by atomic mass is 16.5. The third-order valence-corrected chi connectivity index (χ3v) is 6.36. The minimum absolute atomic E-state index is 0.204. The molecule has 0 saturated heterocycles. The number of rotatable bonds is 6. The fourth-order valence-corrected chi connectivity index (χ4v) is 4.75. The summed E-state index contributed by atoms with van der Waals surface area (Å²) in [6, 6.07) is 7.11. The van der Waals surface area contributed by atoms with Crippen molar-refractivity contribution in [2.75, 3.05) is 47.0 Å². The van der Waals surface area contributed by atoms with Crippen LogP contribution in [-0.2, 0) is 11.2 Å². The maximum Gasteiger partial charge on any atom is 0.354 e. The Morgan fingerprint density at radius 2 is 1.51 bits per heavy atom. The van der Waals surface area contributed by atoms with Crippen molar-refractivity contribution in [3.63, 3.8) is 0 Å². The number of hydrogen-bond acceptors (Lipinski definition) is 7. The molecule has 10 heteroatoms. The first-order chi connectivity index (χ1) is 16.9. The molecule has 0 unspecified atom stereocenters. The van der Waals surface area contributed by atoms with Crippen LogP contribution < -0.4 is 23.8 Å². The number of fused-ring (bicyclic) bond motifs is 4. The first-order valence-electron chi connectivity index (χ1n) is 10.9. The molecule has 2 N–H and O–H groups in total. The van der Waals surface area contributed by atoms with Crippen molar-refractivity contribution in [2.45, 2.75) is 6.42 Å². The van der Waals surface area contributed by atoms with Crippen molar-refractivity contribution in [2.24, 2.45) is 0 Å². The molecule has 0 bridgehead atoms. The Hall–Kier alpha value is -4.34. The lowest BCUT2D eigenvalue weighted by Crippen LogP contribution is -2.29. The Morgan fingerprint density at radius 1 is 0.800 bits per heavy atom. The monoisotopic (exact) mass is 479 g/mol.